The van der Waals surface area contributed by atoms with Gasteiger partial charge in [0.15, 0.2) is 0 Å². The van der Waals surface area contributed by atoms with Gasteiger partial charge in [0.25, 0.3) is 0 Å². The van der Waals surface area contributed by atoms with Crippen LogP contribution in [0.1, 0.15) is 27.7 Å². The minimum Gasteiger partial charge on any atom is -0.359 e. The summed E-state index contributed by atoms with van der Waals surface area (Å²) in [6.07, 6.45) is 0. The molecule has 2 nitrogen and oxygen atoms in total. The highest BCUT2D eigenvalue weighted by molar-refractivity contribution is 5.85. The molecule has 0 radical (unpaired) electrons. The minimum atomic E-state index is -0.118. The maximum atomic E-state index is 5.59. The molecule has 0 aliphatic carbocycles. The molecule has 1 heterocycles. The smallest absolute Gasteiger partial charge is 0.121 e. The molecule has 1 N–H and O–H groups in total. The van der Waals surface area contributed by atoms with Crippen molar-refractivity contribution in [3.8, 4) is 0 Å². The van der Waals surface area contributed by atoms with Crippen molar-refractivity contribution in [2.45, 2.75) is 33.4 Å². The molecule has 1 fully saturated rings. The molecule has 1 unspecified atom stereocenters. The number of hydrogen-bond donors (Lipinski definition) is 1. The topological polar surface area (TPSA) is 21.3 Å². The molecule has 1 saturated heterocycles. The predicted molar refractivity (Wildman–Crippen MR) is 49.1 cm³/mol. The van der Waals surface area contributed by atoms with Crippen molar-refractivity contribution in [3.05, 3.63) is 0 Å². The molecule has 0 bridgehead atoms. The molecule has 1 aliphatic heterocycles. The Morgan fingerprint density at radius 1 is 1.36 bits per heavy atom. The Kier molecular flexibility index (Phi) is 3.36. The van der Waals surface area contributed by atoms with Gasteiger partial charge in [-0.25, -0.2) is 0 Å². The number of ether oxygens (including phenoxy) is 1. The van der Waals surface area contributed by atoms with Crippen LogP contribution < -0.4 is 5.32 Å². The van der Waals surface area contributed by atoms with Crippen molar-refractivity contribution in [2.75, 3.05) is 13.2 Å². The Morgan fingerprint density at radius 3 is 2.09 bits per heavy atom. The first-order chi connectivity index (χ1) is 4.46. The molecule has 0 aromatic carbocycles. The number of hydrogen-bond acceptors (Lipinski definition) is 2. The van der Waals surface area contributed by atoms with E-state index in [1.165, 1.54) is 0 Å². The van der Waals surface area contributed by atoms with Crippen LogP contribution in [0.15, 0.2) is 0 Å². The van der Waals surface area contributed by atoms with Crippen LogP contribution in [-0.2, 0) is 4.74 Å². The van der Waals surface area contributed by atoms with E-state index >= 15 is 0 Å². The first-order valence-corrected chi connectivity index (χ1v) is 3.85. The van der Waals surface area contributed by atoms with Gasteiger partial charge >= 0.3 is 0 Å². The van der Waals surface area contributed by atoms with E-state index in [9.17, 15) is 0 Å². The Hall–Kier alpha value is 0.210. The third-order valence-electron chi connectivity index (χ3n) is 2.39. The minimum absolute atomic E-state index is 0. The summed E-state index contributed by atoms with van der Waals surface area (Å²) in [5.74, 6) is 0. The van der Waals surface area contributed by atoms with Gasteiger partial charge in [0.2, 0.25) is 0 Å². The number of halogens is 1. The predicted octanol–water partition coefficient (Wildman–Crippen LogP) is 1.79. The average molecular weight is 180 g/mol. The van der Waals surface area contributed by atoms with Gasteiger partial charge < -0.3 is 4.74 Å². The standard InChI is InChI=1S/C8H17NO.ClH/c1-7(2,3)8(4)9-5-6-10-8;/h9H,5-6H2,1-4H3;1H. The van der Waals surface area contributed by atoms with Crippen molar-refractivity contribution >= 4 is 12.4 Å². The average Bonchev–Trinajstić information content (AvgIpc) is 2.13. The lowest BCUT2D eigenvalue weighted by Gasteiger charge is -2.37. The second-order valence-corrected chi connectivity index (χ2v) is 4.06. The lowest BCUT2D eigenvalue weighted by Crippen LogP contribution is -2.49. The summed E-state index contributed by atoms with van der Waals surface area (Å²) in [6.45, 7) is 10.5. The zero-order valence-electron chi connectivity index (χ0n) is 7.73. The summed E-state index contributed by atoms with van der Waals surface area (Å²) in [7, 11) is 0. The molecule has 0 amide bonds. The fraction of sp³-hybridized carbons (Fsp3) is 1.00. The van der Waals surface area contributed by atoms with Crippen molar-refractivity contribution in [2.24, 2.45) is 5.41 Å². The van der Waals surface area contributed by atoms with Crippen LogP contribution in [0.4, 0.5) is 0 Å². The van der Waals surface area contributed by atoms with Crippen LogP contribution in [-0.4, -0.2) is 18.9 Å². The largest absolute Gasteiger partial charge is 0.359 e. The van der Waals surface area contributed by atoms with Gasteiger partial charge in [-0.3, -0.25) is 5.32 Å². The van der Waals surface area contributed by atoms with Crippen molar-refractivity contribution in [3.63, 3.8) is 0 Å². The zero-order chi connectivity index (χ0) is 7.83. The van der Waals surface area contributed by atoms with Gasteiger partial charge in [0.1, 0.15) is 5.72 Å². The first kappa shape index (κ1) is 11.2. The second-order valence-electron chi connectivity index (χ2n) is 4.06. The van der Waals surface area contributed by atoms with E-state index in [0.717, 1.165) is 13.2 Å². The van der Waals surface area contributed by atoms with Crippen LogP contribution in [0.5, 0.6) is 0 Å². The third-order valence-corrected chi connectivity index (χ3v) is 2.39. The van der Waals surface area contributed by atoms with Crippen LogP contribution >= 0.6 is 12.4 Å². The fourth-order valence-electron chi connectivity index (χ4n) is 1.08. The highest BCUT2D eigenvalue weighted by Crippen LogP contribution is 2.32. The summed E-state index contributed by atoms with van der Waals surface area (Å²) in [5, 5.41) is 3.35. The quantitative estimate of drug-likeness (QED) is 0.613. The molecule has 11 heavy (non-hydrogen) atoms. The van der Waals surface area contributed by atoms with E-state index in [4.69, 9.17) is 4.74 Å². The van der Waals surface area contributed by atoms with Crippen LogP contribution in [0.2, 0.25) is 0 Å². The van der Waals surface area contributed by atoms with E-state index in [1.54, 1.807) is 0 Å². The molecule has 1 rings (SSSR count). The molecule has 1 aliphatic rings. The SMILES string of the molecule is CC(C)(C)C1(C)NCCO1.Cl. The highest BCUT2D eigenvalue weighted by atomic mass is 35.5. The lowest BCUT2D eigenvalue weighted by molar-refractivity contribution is -0.0766. The summed E-state index contributed by atoms with van der Waals surface area (Å²) in [5.41, 5.74) is 0.0660. The van der Waals surface area contributed by atoms with Crippen LogP contribution in [0.25, 0.3) is 0 Å². The van der Waals surface area contributed by atoms with Crippen LogP contribution in [0, 0.1) is 5.41 Å². The van der Waals surface area contributed by atoms with Crippen LogP contribution in [0.3, 0.4) is 0 Å². The molecule has 3 heteroatoms. The molecular formula is C8H18ClNO. The third kappa shape index (κ3) is 2.08. The molecule has 0 spiro atoms. The summed E-state index contributed by atoms with van der Waals surface area (Å²) in [6, 6.07) is 0. The first-order valence-electron chi connectivity index (χ1n) is 3.85. The van der Waals surface area contributed by atoms with Gasteiger partial charge in [0.05, 0.1) is 6.61 Å². The molecule has 0 aromatic rings. The van der Waals surface area contributed by atoms with E-state index in [1.807, 2.05) is 0 Å². The monoisotopic (exact) mass is 179 g/mol. The Labute approximate surface area is 75.1 Å². The summed E-state index contributed by atoms with van der Waals surface area (Å²) >= 11 is 0. The molecule has 0 aromatic heterocycles. The van der Waals surface area contributed by atoms with E-state index in [0.29, 0.717) is 0 Å². The normalized spacial score (nSPS) is 31.6. The molecular weight excluding hydrogens is 162 g/mol. The number of nitrogens with one attached hydrogen (secondary N) is 1. The summed E-state index contributed by atoms with van der Waals surface area (Å²) in [4.78, 5) is 0. The molecule has 68 valence electrons. The van der Waals surface area contributed by atoms with Gasteiger partial charge in [0, 0.05) is 12.0 Å². The zero-order valence-corrected chi connectivity index (χ0v) is 8.55. The van der Waals surface area contributed by atoms with Gasteiger partial charge in [-0.15, -0.1) is 12.4 Å². The van der Waals surface area contributed by atoms with E-state index in [2.05, 4.69) is 33.0 Å². The van der Waals surface area contributed by atoms with Gasteiger partial charge in [-0.2, -0.15) is 0 Å². The highest BCUT2D eigenvalue weighted by Gasteiger charge is 2.40. The van der Waals surface area contributed by atoms with Gasteiger partial charge in [-0.05, 0) is 6.92 Å². The lowest BCUT2D eigenvalue weighted by atomic mass is 9.84. The maximum absolute atomic E-state index is 5.59. The number of rotatable bonds is 0. The molecule has 1 atom stereocenters. The van der Waals surface area contributed by atoms with Crippen molar-refractivity contribution in [1.82, 2.24) is 5.32 Å². The van der Waals surface area contributed by atoms with E-state index < -0.39 is 0 Å². The Balaban J connectivity index is 0.000001000. The van der Waals surface area contributed by atoms with E-state index in [-0.39, 0.29) is 23.5 Å². The summed E-state index contributed by atoms with van der Waals surface area (Å²) < 4.78 is 5.59. The van der Waals surface area contributed by atoms with Gasteiger partial charge in [-0.1, -0.05) is 20.8 Å². The van der Waals surface area contributed by atoms with Crippen molar-refractivity contribution < 1.29 is 4.74 Å². The maximum Gasteiger partial charge on any atom is 0.121 e. The second kappa shape index (κ2) is 3.30. The molecule has 0 saturated carbocycles. The fourth-order valence-corrected chi connectivity index (χ4v) is 1.08. The van der Waals surface area contributed by atoms with Crippen molar-refractivity contribution in [1.29, 1.82) is 0 Å². The Bertz CT molecular complexity index is 125. The Morgan fingerprint density at radius 2 is 1.91 bits per heavy atom.